The summed E-state index contributed by atoms with van der Waals surface area (Å²) >= 11 is 0. The highest BCUT2D eigenvalue weighted by Gasteiger charge is 2.09. The van der Waals surface area contributed by atoms with E-state index in [9.17, 15) is 9.18 Å². The highest BCUT2D eigenvalue weighted by molar-refractivity contribution is 5.87. The molecule has 128 valence electrons. The van der Waals surface area contributed by atoms with Crippen LogP contribution in [0, 0.1) is 5.82 Å². The molecule has 1 amide bonds. The Morgan fingerprint density at radius 1 is 1.33 bits per heavy atom. The highest BCUT2D eigenvalue weighted by Crippen LogP contribution is 2.16. The van der Waals surface area contributed by atoms with Gasteiger partial charge in [0, 0.05) is 6.54 Å². The van der Waals surface area contributed by atoms with Gasteiger partial charge >= 0.3 is 6.09 Å². The highest BCUT2D eigenvalue weighted by atomic mass is 19.1. The first kappa shape index (κ1) is 17.5. The van der Waals surface area contributed by atoms with Gasteiger partial charge in [-0.15, -0.1) is 0 Å². The first-order valence-corrected chi connectivity index (χ1v) is 7.63. The summed E-state index contributed by atoms with van der Waals surface area (Å²) in [6.45, 7) is 2.77. The average molecular weight is 333 g/mol. The summed E-state index contributed by atoms with van der Waals surface area (Å²) in [6, 6.07) is 6.08. The molecule has 0 saturated carbocycles. The quantitative estimate of drug-likeness (QED) is 0.673. The van der Waals surface area contributed by atoms with Gasteiger partial charge in [-0.2, -0.15) is 4.98 Å². The lowest BCUT2D eigenvalue weighted by Gasteiger charge is -2.10. The third-order valence-corrected chi connectivity index (χ3v) is 3.15. The van der Waals surface area contributed by atoms with Crippen molar-refractivity contribution in [1.29, 1.82) is 0 Å². The molecule has 0 aliphatic rings. The van der Waals surface area contributed by atoms with Crippen LogP contribution in [0.25, 0.3) is 0 Å². The van der Waals surface area contributed by atoms with Crippen LogP contribution in [-0.4, -0.2) is 22.7 Å². The van der Waals surface area contributed by atoms with Gasteiger partial charge in [0.1, 0.15) is 11.5 Å². The Kier molecular flexibility index (Phi) is 6.30. The SMILES string of the molecule is CCCCOC(=O)Nc1cnc(NCc2ccc(F)cc2)nc1N. The molecule has 24 heavy (non-hydrogen) atoms. The molecule has 0 saturated heterocycles. The summed E-state index contributed by atoms with van der Waals surface area (Å²) in [4.78, 5) is 19.7. The molecule has 0 atom stereocenters. The molecular weight excluding hydrogens is 313 g/mol. The first-order valence-electron chi connectivity index (χ1n) is 7.63. The Morgan fingerprint density at radius 2 is 2.08 bits per heavy atom. The van der Waals surface area contributed by atoms with Crippen LogP contribution in [0.1, 0.15) is 25.3 Å². The number of aromatic nitrogens is 2. The monoisotopic (exact) mass is 333 g/mol. The number of hydrogen-bond donors (Lipinski definition) is 3. The molecule has 0 radical (unpaired) electrons. The summed E-state index contributed by atoms with van der Waals surface area (Å²) < 4.78 is 17.8. The number of ether oxygens (including phenoxy) is 1. The number of rotatable bonds is 7. The normalized spacial score (nSPS) is 10.2. The van der Waals surface area contributed by atoms with E-state index in [1.165, 1.54) is 18.3 Å². The molecule has 0 aliphatic heterocycles. The molecule has 7 nitrogen and oxygen atoms in total. The van der Waals surface area contributed by atoms with Crippen molar-refractivity contribution < 1.29 is 13.9 Å². The van der Waals surface area contributed by atoms with Crippen molar-refractivity contribution in [3.63, 3.8) is 0 Å². The van der Waals surface area contributed by atoms with Crippen molar-refractivity contribution in [2.75, 3.05) is 23.0 Å². The van der Waals surface area contributed by atoms with Crippen LogP contribution in [0.15, 0.2) is 30.5 Å². The fourth-order valence-corrected chi connectivity index (χ4v) is 1.82. The third-order valence-electron chi connectivity index (χ3n) is 3.15. The van der Waals surface area contributed by atoms with E-state index in [2.05, 4.69) is 20.6 Å². The second-order valence-electron chi connectivity index (χ2n) is 5.09. The lowest BCUT2D eigenvalue weighted by molar-refractivity contribution is 0.160. The number of nitrogens with one attached hydrogen (secondary N) is 2. The minimum Gasteiger partial charge on any atom is -0.449 e. The summed E-state index contributed by atoms with van der Waals surface area (Å²) in [5, 5.41) is 5.47. The second kappa shape index (κ2) is 8.66. The van der Waals surface area contributed by atoms with Crippen LogP contribution < -0.4 is 16.4 Å². The van der Waals surface area contributed by atoms with Crippen LogP contribution in [0.5, 0.6) is 0 Å². The minimum atomic E-state index is -0.592. The van der Waals surface area contributed by atoms with Gasteiger partial charge in [-0.3, -0.25) is 5.32 Å². The van der Waals surface area contributed by atoms with Crippen LogP contribution in [-0.2, 0) is 11.3 Å². The number of nitrogens with two attached hydrogens (primary N) is 1. The Bertz CT molecular complexity index is 679. The number of hydrogen-bond acceptors (Lipinski definition) is 6. The number of nitrogens with zero attached hydrogens (tertiary/aromatic N) is 2. The van der Waals surface area contributed by atoms with Crippen molar-refractivity contribution in [1.82, 2.24) is 9.97 Å². The van der Waals surface area contributed by atoms with Gasteiger partial charge in [0.25, 0.3) is 0 Å². The van der Waals surface area contributed by atoms with Crippen LogP contribution in [0.4, 0.5) is 26.6 Å². The number of carbonyl (C=O) groups excluding carboxylic acids is 1. The van der Waals surface area contributed by atoms with E-state index < -0.39 is 6.09 Å². The van der Waals surface area contributed by atoms with Gasteiger partial charge in [0.05, 0.1) is 12.8 Å². The van der Waals surface area contributed by atoms with Crippen LogP contribution >= 0.6 is 0 Å². The molecule has 1 heterocycles. The smallest absolute Gasteiger partial charge is 0.411 e. The zero-order valence-corrected chi connectivity index (χ0v) is 13.4. The van der Waals surface area contributed by atoms with E-state index in [-0.39, 0.29) is 17.3 Å². The van der Waals surface area contributed by atoms with E-state index in [1.54, 1.807) is 12.1 Å². The van der Waals surface area contributed by atoms with Crippen molar-refractivity contribution in [3.05, 3.63) is 41.8 Å². The lowest BCUT2D eigenvalue weighted by atomic mass is 10.2. The maximum Gasteiger partial charge on any atom is 0.411 e. The molecular formula is C16H20FN5O2. The number of amides is 1. The van der Waals surface area contributed by atoms with Gasteiger partial charge in [0.15, 0.2) is 5.82 Å². The molecule has 1 aromatic carbocycles. The fourth-order valence-electron chi connectivity index (χ4n) is 1.82. The van der Waals surface area contributed by atoms with Gasteiger partial charge < -0.3 is 15.8 Å². The number of halogens is 1. The van der Waals surface area contributed by atoms with Crippen molar-refractivity contribution >= 4 is 23.5 Å². The topological polar surface area (TPSA) is 102 Å². The number of anilines is 3. The molecule has 4 N–H and O–H groups in total. The lowest BCUT2D eigenvalue weighted by Crippen LogP contribution is -2.16. The number of unbranched alkanes of at least 4 members (excludes halogenated alkanes) is 1. The van der Waals surface area contributed by atoms with Crippen molar-refractivity contribution in [2.24, 2.45) is 0 Å². The van der Waals surface area contributed by atoms with Gasteiger partial charge in [-0.05, 0) is 24.1 Å². The summed E-state index contributed by atoms with van der Waals surface area (Å²) in [6.07, 6.45) is 2.54. The maximum atomic E-state index is 12.8. The van der Waals surface area contributed by atoms with Gasteiger partial charge in [0.2, 0.25) is 5.95 Å². The minimum absolute atomic E-state index is 0.124. The Morgan fingerprint density at radius 3 is 2.75 bits per heavy atom. The molecule has 1 aromatic heterocycles. The van der Waals surface area contributed by atoms with E-state index >= 15 is 0 Å². The van der Waals surface area contributed by atoms with Crippen LogP contribution in [0.2, 0.25) is 0 Å². The van der Waals surface area contributed by atoms with Gasteiger partial charge in [-0.1, -0.05) is 25.5 Å². The number of benzene rings is 1. The Balaban J connectivity index is 1.89. The molecule has 2 rings (SSSR count). The zero-order chi connectivity index (χ0) is 17.4. The molecule has 0 bridgehead atoms. The Labute approximate surface area is 139 Å². The molecule has 2 aromatic rings. The largest absolute Gasteiger partial charge is 0.449 e. The Hall–Kier alpha value is -2.90. The summed E-state index contributed by atoms with van der Waals surface area (Å²) in [5.41, 5.74) is 6.96. The van der Waals surface area contributed by atoms with Crippen LogP contribution in [0.3, 0.4) is 0 Å². The van der Waals surface area contributed by atoms with E-state index in [4.69, 9.17) is 10.5 Å². The maximum absolute atomic E-state index is 12.8. The number of carbonyl (C=O) groups is 1. The average Bonchev–Trinajstić information content (AvgIpc) is 2.57. The third kappa shape index (κ3) is 5.38. The van der Waals surface area contributed by atoms with Gasteiger partial charge in [-0.25, -0.2) is 14.2 Å². The zero-order valence-electron chi connectivity index (χ0n) is 13.4. The standard InChI is InChI=1S/C16H20FN5O2/c1-2-3-8-24-16(23)21-13-10-20-15(22-14(13)18)19-9-11-4-6-12(17)7-5-11/h4-7,10H,2-3,8-9H2,1H3,(H,21,23)(H3,18,19,20,22). The van der Waals surface area contributed by atoms with Crippen molar-refractivity contribution in [3.8, 4) is 0 Å². The molecule has 8 heteroatoms. The van der Waals surface area contributed by atoms with E-state index in [0.717, 1.165) is 18.4 Å². The predicted molar refractivity (Wildman–Crippen MR) is 90.0 cm³/mol. The second-order valence-corrected chi connectivity index (χ2v) is 5.09. The molecule has 0 spiro atoms. The summed E-state index contributed by atoms with van der Waals surface area (Å²) in [5.74, 6) is 0.140. The predicted octanol–water partition coefficient (Wildman–Crippen LogP) is 3.16. The number of nitrogen functional groups attached to an aromatic ring is 1. The molecule has 0 unspecified atom stereocenters. The van der Waals surface area contributed by atoms with E-state index in [0.29, 0.717) is 19.1 Å². The molecule has 0 fully saturated rings. The van der Waals surface area contributed by atoms with Crippen molar-refractivity contribution in [2.45, 2.75) is 26.3 Å². The molecule has 0 aliphatic carbocycles. The first-order chi connectivity index (χ1) is 11.6. The summed E-state index contributed by atoms with van der Waals surface area (Å²) in [7, 11) is 0. The van der Waals surface area contributed by atoms with E-state index in [1.807, 2.05) is 6.92 Å². The fraction of sp³-hybridized carbons (Fsp3) is 0.312.